The molecule has 2 aliphatic heterocycles. The molecular weight excluding hydrogens is 409 g/mol. The van der Waals surface area contributed by atoms with Gasteiger partial charge in [0, 0.05) is 48.8 Å². The first-order chi connectivity index (χ1) is 16.3. The lowest BCUT2D eigenvalue weighted by molar-refractivity contribution is 0.306. The summed E-state index contributed by atoms with van der Waals surface area (Å²) in [6.45, 7) is 2.01. The number of nitrogens with zero attached hydrogens (tertiary/aromatic N) is 2. The average molecular weight is 434 g/mol. The number of benzene rings is 2. The van der Waals surface area contributed by atoms with E-state index in [-0.39, 0.29) is 5.82 Å². The largest absolute Gasteiger partial charge is 0.360 e. The third-order valence-corrected chi connectivity index (χ3v) is 6.68. The normalized spacial score (nSPS) is 18.0. The van der Waals surface area contributed by atoms with Crippen molar-refractivity contribution in [2.24, 2.45) is 0 Å². The van der Waals surface area contributed by atoms with Crippen LogP contribution in [-0.2, 0) is 0 Å². The van der Waals surface area contributed by atoms with Crippen molar-refractivity contribution in [2.75, 3.05) is 13.1 Å². The Morgan fingerprint density at radius 3 is 2.36 bits per heavy atom. The maximum atomic E-state index is 13.6. The van der Waals surface area contributed by atoms with Crippen LogP contribution in [0.3, 0.4) is 0 Å². The van der Waals surface area contributed by atoms with Crippen molar-refractivity contribution in [2.45, 2.75) is 12.5 Å². The van der Waals surface area contributed by atoms with Crippen LogP contribution in [0, 0.1) is 5.82 Å². The third kappa shape index (κ3) is 3.73. The van der Waals surface area contributed by atoms with Crippen molar-refractivity contribution in [3.8, 4) is 22.4 Å². The molecular formula is C29H24FN3. The van der Waals surface area contributed by atoms with Crippen molar-refractivity contribution in [1.29, 1.82) is 0 Å². The van der Waals surface area contributed by atoms with Gasteiger partial charge in [-0.15, -0.1) is 0 Å². The highest BCUT2D eigenvalue weighted by atomic mass is 19.1. The Hall–Kier alpha value is -3.76. The second-order valence-corrected chi connectivity index (χ2v) is 8.66. The molecule has 0 saturated heterocycles. The Balaban J connectivity index is 1.42. The molecule has 0 radical (unpaired) electrons. The fraction of sp³-hybridized carbons (Fsp3) is 0.138. The van der Waals surface area contributed by atoms with Crippen LogP contribution in [0.15, 0.2) is 97.5 Å². The van der Waals surface area contributed by atoms with E-state index in [0.29, 0.717) is 6.04 Å². The number of rotatable bonds is 4. The molecule has 0 aliphatic carbocycles. The van der Waals surface area contributed by atoms with Crippen LogP contribution in [-0.4, -0.2) is 34.0 Å². The molecule has 0 saturated carbocycles. The number of hydrogen-bond acceptors (Lipinski definition) is 2. The minimum atomic E-state index is -0.228. The zero-order chi connectivity index (χ0) is 22.2. The predicted octanol–water partition coefficient (Wildman–Crippen LogP) is 6.44. The molecule has 4 aromatic rings. The number of nitrogens with one attached hydrogen (secondary N) is 1. The lowest BCUT2D eigenvalue weighted by atomic mass is 9.91. The summed E-state index contributed by atoms with van der Waals surface area (Å²) in [6, 6.07) is 21.7. The molecule has 6 rings (SSSR count). The molecule has 0 amide bonds. The van der Waals surface area contributed by atoms with Crippen LogP contribution in [0.2, 0.25) is 0 Å². The van der Waals surface area contributed by atoms with Gasteiger partial charge in [-0.1, -0.05) is 42.5 Å². The number of aromatic nitrogens is 2. The summed E-state index contributed by atoms with van der Waals surface area (Å²) < 4.78 is 13.6. The summed E-state index contributed by atoms with van der Waals surface area (Å²) >= 11 is 0. The van der Waals surface area contributed by atoms with Crippen molar-refractivity contribution >= 4 is 11.1 Å². The number of fused-ring (bicyclic) bond motifs is 1. The first kappa shape index (κ1) is 19.9. The van der Waals surface area contributed by atoms with Gasteiger partial charge in [0.15, 0.2) is 0 Å². The smallest absolute Gasteiger partial charge is 0.123 e. The Labute approximate surface area is 192 Å². The van der Waals surface area contributed by atoms with Crippen LogP contribution < -0.4 is 0 Å². The van der Waals surface area contributed by atoms with Crippen LogP contribution in [0.1, 0.15) is 17.5 Å². The Bertz CT molecular complexity index is 1330. The number of H-pyrrole nitrogens is 1. The highest BCUT2D eigenvalue weighted by Crippen LogP contribution is 2.41. The number of halogens is 1. The minimum Gasteiger partial charge on any atom is -0.360 e. The molecule has 4 heteroatoms. The summed E-state index contributed by atoms with van der Waals surface area (Å²) in [5.74, 6) is -0.228. The van der Waals surface area contributed by atoms with Crippen LogP contribution in [0.5, 0.6) is 0 Å². The van der Waals surface area contributed by atoms with E-state index in [9.17, 15) is 4.39 Å². The molecule has 1 N–H and O–H groups in total. The lowest BCUT2D eigenvalue weighted by Gasteiger charge is -2.28. The van der Waals surface area contributed by atoms with Gasteiger partial charge in [-0.3, -0.25) is 9.88 Å². The van der Waals surface area contributed by atoms with Gasteiger partial charge in [-0.05, 0) is 70.7 Å². The van der Waals surface area contributed by atoms with Gasteiger partial charge >= 0.3 is 0 Å². The van der Waals surface area contributed by atoms with E-state index in [0.717, 1.165) is 41.9 Å². The van der Waals surface area contributed by atoms with Gasteiger partial charge in [-0.25, -0.2) is 4.39 Å². The van der Waals surface area contributed by atoms with E-state index in [4.69, 9.17) is 0 Å². The summed E-state index contributed by atoms with van der Waals surface area (Å²) in [5, 5.41) is 0. The third-order valence-electron chi connectivity index (χ3n) is 6.68. The molecule has 2 aliphatic rings. The standard InChI is InChI=1S/C29H24FN3/c30-25-8-6-22(7-9-25)29-28(21-10-13-31-14-11-21)27(18-32-29)23-12-15-33-19-24(17-26(33)16-23)20-4-2-1-3-5-20/h1-11,13-14,16-18,26,32H,12,15,19H2/t26-/m0/s1. The van der Waals surface area contributed by atoms with Gasteiger partial charge in [0.25, 0.3) is 0 Å². The van der Waals surface area contributed by atoms with E-state index in [1.807, 2.05) is 36.7 Å². The lowest BCUT2D eigenvalue weighted by Crippen LogP contribution is -2.33. The van der Waals surface area contributed by atoms with Crippen molar-refractivity contribution in [1.82, 2.24) is 14.9 Å². The molecule has 3 nitrogen and oxygen atoms in total. The maximum absolute atomic E-state index is 13.6. The fourth-order valence-corrected chi connectivity index (χ4v) is 5.03. The Morgan fingerprint density at radius 1 is 0.818 bits per heavy atom. The topological polar surface area (TPSA) is 31.9 Å². The monoisotopic (exact) mass is 433 g/mol. The molecule has 0 fully saturated rings. The molecule has 0 spiro atoms. The fourth-order valence-electron chi connectivity index (χ4n) is 5.03. The zero-order valence-corrected chi connectivity index (χ0v) is 18.2. The van der Waals surface area contributed by atoms with Crippen molar-refractivity contribution in [3.05, 3.63) is 114 Å². The van der Waals surface area contributed by atoms with Gasteiger partial charge in [-0.2, -0.15) is 0 Å². The van der Waals surface area contributed by atoms with Gasteiger partial charge < -0.3 is 4.98 Å². The first-order valence-corrected chi connectivity index (χ1v) is 11.4. The van der Waals surface area contributed by atoms with E-state index in [1.165, 1.54) is 34.4 Å². The van der Waals surface area contributed by atoms with E-state index < -0.39 is 0 Å². The quantitative estimate of drug-likeness (QED) is 0.402. The number of pyridine rings is 1. The SMILES string of the molecule is Fc1ccc(-c2[nH]cc(C3=C[C@H]4C=C(c5ccccc5)CN4CC3)c2-c2ccncc2)cc1. The molecule has 1 atom stereocenters. The van der Waals surface area contributed by atoms with Crippen LogP contribution in [0.25, 0.3) is 33.5 Å². The highest BCUT2D eigenvalue weighted by molar-refractivity contribution is 5.91. The Kier molecular flexibility index (Phi) is 5.00. The molecule has 0 unspecified atom stereocenters. The van der Waals surface area contributed by atoms with Crippen molar-refractivity contribution in [3.63, 3.8) is 0 Å². The Morgan fingerprint density at radius 2 is 1.58 bits per heavy atom. The number of aromatic amines is 1. The molecule has 33 heavy (non-hydrogen) atoms. The minimum absolute atomic E-state index is 0.228. The second-order valence-electron chi connectivity index (χ2n) is 8.66. The summed E-state index contributed by atoms with van der Waals surface area (Å²) in [4.78, 5) is 10.2. The summed E-state index contributed by atoms with van der Waals surface area (Å²) in [6.07, 6.45) is 11.5. The zero-order valence-electron chi connectivity index (χ0n) is 18.2. The molecule has 0 bridgehead atoms. The summed E-state index contributed by atoms with van der Waals surface area (Å²) in [7, 11) is 0. The molecule has 4 heterocycles. The maximum Gasteiger partial charge on any atom is 0.123 e. The van der Waals surface area contributed by atoms with Gasteiger partial charge in [0.2, 0.25) is 0 Å². The summed E-state index contributed by atoms with van der Waals surface area (Å²) in [5.41, 5.74) is 9.49. The predicted molar refractivity (Wildman–Crippen MR) is 132 cm³/mol. The van der Waals surface area contributed by atoms with Gasteiger partial charge in [0.1, 0.15) is 5.82 Å². The second kappa shape index (κ2) is 8.30. The van der Waals surface area contributed by atoms with Crippen LogP contribution in [0.4, 0.5) is 4.39 Å². The van der Waals surface area contributed by atoms with E-state index >= 15 is 0 Å². The van der Waals surface area contributed by atoms with Gasteiger partial charge in [0.05, 0.1) is 5.69 Å². The van der Waals surface area contributed by atoms with Crippen molar-refractivity contribution < 1.29 is 4.39 Å². The van der Waals surface area contributed by atoms with E-state index in [2.05, 4.69) is 63.5 Å². The highest BCUT2D eigenvalue weighted by Gasteiger charge is 2.29. The van der Waals surface area contributed by atoms with Crippen LogP contribution >= 0.6 is 0 Å². The number of hydrogen-bond donors (Lipinski definition) is 1. The molecule has 162 valence electrons. The molecule has 2 aromatic carbocycles. The average Bonchev–Trinajstić information content (AvgIpc) is 3.50. The molecule has 2 aromatic heterocycles. The first-order valence-electron chi connectivity index (χ1n) is 11.4. The van der Waals surface area contributed by atoms with E-state index in [1.54, 1.807) is 0 Å².